The molecule has 14 heavy (non-hydrogen) atoms. The number of rotatable bonds is 2. The number of aromatic nitrogens is 3. The minimum atomic E-state index is 0.0994. The van der Waals surface area contributed by atoms with Crippen LogP contribution in [0.1, 0.15) is 12.5 Å². The normalized spacial score (nSPS) is 10.7. The van der Waals surface area contributed by atoms with E-state index in [-0.39, 0.29) is 5.78 Å². The van der Waals surface area contributed by atoms with Gasteiger partial charge in [0.15, 0.2) is 0 Å². The Morgan fingerprint density at radius 3 is 2.93 bits per heavy atom. The molecule has 2 aromatic heterocycles. The van der Waals surface area contributed by atoms with Crippen LogP contribution in [0.4, 0.5) is 0 Å². The van der Waals surface area contributed by atoms with E-state index in [0.29, 0.717) is 17.4 Å². The smallest absolute Gasteiger partial charge is 0.234 e. The Balaban J connectivity index is 2.49. The summed E-state index contributed by atoms with van der Waals surface area (Å²) in [6.45, 7) is 1.54. The number of ketones is 1. The zero-order valence-corrected chi connectivity index (χ0v) is 8.32. The van der Waals surface area contributed by atoms with Gasteiger partial charge in [0.2, 0.25) is 5.78 Å². The number of hydrogen-bond acceptors (Lipinski definition) is 3. The van der Waals surface area contributed by atoms with Crippen molar-refractivity contribution in [2.75, 3.05) is 0 Å². The fourth-order valence-electron chi connectivity index (χ4n) is 1.26. The van der Waals surface area contributed by atoms with E-state index < -0.39 is 0 Å². The molecule has 5 heteroatoms. The Labute approximate surface area is 85.5 Å². The maximum Gasteiger partial charge on any atom is 0.234 e. The fourth-order valence-corrected chi connectivity index (χ4v) is 1.44. The maximum absolute atomic E-state index is 10.9. The third kappa shape index (κ3) is 1.61. The monoisotopic (exact) mass is 209 g/mol. The third-order valence-corrected chi connectivity index (χ3v) is 2.11. The van der Waals surface area contributed by atoms with Crippen molar-refractivity contribution in [1.29, 1.82) is 0 Å². The average Bonchev–Trinajstić information content (AvgIpc) is 2.47. The highest BCUT2D eigenvalue weighted by atomic mass is 35.5. The number of Topliss-reactive ketones (excluding diaryl/α,β-unsaturated/α-hetero) is 1. The molecular weight excluding hydrogens is 202 g/mol. The van der Waals surface area contributed by atoms with E-state index in [9.17, 15) is 4.79 Å². The number of halogens is 1. The second-order valence-corrected chi connectivity index (χ2v) is 3.48. The van der Waals surface area contributed by atoms with Crippen molar-refractivity contribution in [3.05, 3.63) is 29.3 Å². The molecule has 0 unspecified atom stereocenters. The van der Waals surface area contributed by atoms with Crippen LogP contribution in [0, 0.1) is 0 Å². The fraction of sp³-hybridized carbons (Fsp3) is 0.222. The Morgan fingerprint density at radius 2 is 2.21 bits per heavy atom. The van der Waals surface area contributed by atoms with E-state index in [4.69, 9.17) is 11.6 Å². The Hall–Kier alpha value is -1.42. The largest absolute Gasteiger partial charge is 0.300 e. The number of carbonyl (C=O) groups is 1. The first-order valence-corrected chi connectivity index (χ1v) is 4.51. The predicted molar refractivity (Wildman–Crippen MR) is 52.4 cm³/mol. The van der Waals surface area contributed by atoms with E-state index in [0.717, 1.165) is 5.56 Å². The molecule has 0 saturated heterocycles. The highest BCUT2D eigenvalue weighted by Crippen LogP contribution is 2.11. The summed E-state index contributed by atoms with van der Waals surface area (Å²) in [7, 11) is 0. The van der Waals surface area contributed by atoms with Crippen LogP contribution in [0.5, 0.6) is 0 Å². The van der Waals surface area contributed by atoms with Crippen molar-refractivity contribution >= 4 is 23.2 Å². The SMILES string of the molecule is CC(=O)Cc1cnc2ncc(Cl)n2c1. The molecule has 0 aliphatic rings. The molecule has 0 spiro atoms. The van der Waals surface area contributed by atoms with Crippen molar-refractivity contribution in [1.82, 2.24) is 14.4 Å². The molecule has 0 N–H and O–H groups in total. The van der Waals surface area contributed by atoms with Crippen LogP contribution in [0.25, 0.3) is 5.78 Å². The molecule has 0 aliphatic carbocycles. The lowest BCUT2D eigenvalue weighted by atomic mass is 10.2. The lowest BCUT2D eigenvalue weighted by Crippen LogP contribution is -1.99. The predicted octanol–water partition coefficient (Wildman–Crippen LogP) is 1.51. The molecule has 0 aliphatic heterocycles. The van der Waals surface area contributed by atoms with Crippen molar-refractivity contribution in [3.8, 4) is 0 Å². The quantitative estimate of drug-likeness (QED) is 0.754. The van der Waals surface area contributed by atoms with Crippen LogP contribution in [-0.4, -0.2) is 20.2 Å². The molecule has 0 aromatic carbocycles. The highest BCUT2D eigenvalue weighted by molar-refractivity contribution is 6.29. The van der Waals surface area contributed by atoms with Gasteiger partial charge in [-0.1, -0.05) is 11.6 Å². The second-order valence-electron chi connectivity index (χ2n) is 3.09. The van der Waals surface area contributed by atoms with Crippen molar-refractivity contribution in [2.45, 2.75) is 13.3 Å². The molecule has 4 nitrogen and oxygen atoms in total. The van der Waals surface area contributed by atoms with Crippen molar-refractivity contribution < 1.29 is 4.79 Å². The third-order valence-electron chi connectivity index (χ3n) is 1.83. The zero-order chi connectivity index (χ0) is 10.1. The van der Waals surface area contributed by atoms with Gasteiger partial charge >= 0.3 is 0 Å². The van der Waals surface area contributed by atoms with Crippen LogP contribution < -0.4 is 0 Å². The van der Waals surface area contributed by atoms with Gasteiger partial charge in [-0.05, 0) is 12.5 Å². The van der Waals surface area contributed by atoms with E-state index in [2.05, 4.69) is 9.97 Å². The molecule has 0 bridgehead atoms. The van der Waals surface area contributed by atoms with Crippen LogP contribution in [-0.2, 0) is 11.2 Å². The maximum atomic E-state index is 10.9. The molecule has 2 heterocycles. The van der Waals surface area contributed by atoms with Crippen LogP contribution >= 0.6 is 11.6 Å². The molecule has 72 valence electrons. The Bertz CT molecular complexity index is 492. The number of imidazole rings is 1. The van der Waals surface area contributed by atoms with E-state index >= 15 is 0 Å². The second kappa shape index (κ2) is 3.38. The molecule has 2 aromatic rings. The summed E-state index contributed by atoms with van der Waals surface area (Å²) in [4.78, 5) is 18.9. The minimum absolute atomic E-state index is 0.0994. The van der Waals surface area contributed by atoms with Crippen molar-refractivity contribution in [3.63, 3.8) is 0 Å². The summed E-state index contributed by atoms with van der Waals surface area (Å²) in [6, 6.07) is 0. The summed E-state index contributed by atoms with van der Waals surface area (Å²) in [5.74, 6) is 0.643. The zero-order valence-electron chi connectivity index (χ0n) is 7.57. The molecule has 0 radical (unpaired) electrons. The number of hydrogen-bond donors (Lipinski definition) is 0. The first kappa shape index (κ1) is 9.15. The van der Waals surface area contributed by atoms with E-state index in [1.807, 2.05) is 0 Å². The van der Waals surface area contributed by atoms with Gasteiger partial charge in [0.25, 0.3) is 0 Å². The van der Waals surface area contributed by atoms with Crippen LogP contribution in [0.2, 0.25) is 5.15 Å². The number of fused-ring (bicyclic) bond motifs is 1. The van der Waals surface area contributed by atoms with Gasteiger partial charge < -0.3 is 0 Å². The van der Waals surface area contributed by atoms with Crippen LogP contribution in [0.15, 0.2) is 18.6 Å². The van der Waals surface area contributed by atoms with Gasteiger partial charge in [-0.15, -0.1) is 0 Å². The summed E-state index contributed by atoms with van der Waals surface area (Å²) < 4.78 is 1.65. The topological polar surface area (TPSA) is 47.3 Å². The summed E-state index contributed by atoms with van der Waals surface area (Å²) in [5, 5.41) is 0.498. The standard InChI is InChI=1S/C9H8ClN3O/c1-6(14)2-7-3-11-9-12-4-8(10)13(9)5-7/h3-5H,2H2,1H3. The van der Waals surface area contributed by atoms with E-state index in [1.54, 1.807) is 23.7 Å². The average molecular weight is 210 g/mol. The Morgan fingerprint density at radius 1 is 1.50 bits per heavy atom. The van der Waals surface area contributed by atoms with Crippen LogP contribution in [0.3, 0.4) is 0 Å². The summed E-state index contributed by atoms with van der Waals surface area (Å²) in [5.41, 5.74) is 0.838. The molecule has 0 atom stereocenters. The first-order chi connectivity index (χ1) is 6.66. The van der Waals surface area contributed by atoms with E-state index in [1.165, 1.54) is 6.20 Å². The Kier molecular flexibility index (Phi) is 2.21. The molecule has 0 saturated carbocycles. The summed E-state index contributed by atoms with van der Waals surface area (Å²) in [6.07, 6.45) is 5.32. The van der Waals surface area contributed by atoms with Gasteiger partial charge in [-0.3, -0.25) is 9.20 Å². The van der Waals surface area contributed by atoms with Gasteiger partial charge in [-0.2, -0.15) is 0 Å². The highest BCUT2D eigenvalue weighted by Gasteiger charge is 2.04. The van der Waals surface area contributed by atoms with Gasteiger partial charge in [0.1, 0.15) is 10.9 Å². The van der Waals surface area contributed by atoms with Gasteiger partial charge in [-0.25, -0.2) is 9.97 Å². The number of nitrogens with zero attached hydrogens (tertiary/aromatic N) is 3. The lowest BCUT2D eigenvalue weighted by molar-refractivity contribution is -0.116. The number of carbonyl (C=O) groups excluding carboxylic acids is 1. The van der Waals surface area contributed by atoms with Gasteiger partial charge in [0.05, 0.1) is 6.20 Å². The molecule has 0 fully saturated rings. The van der Waals surface area contributed by atoms with Gasteiger partial charge in [0, 0.05) is 18.8 Å². The first-order valence-electron chi connectivity index (χ1n) is 4.14. The molecular formula is C9H8ClN3O. The minimum Gasteiger partial charge on any atom is -0.300 e. The molecule has 0 amide bonds. The lowest BCUT2D eigenvalue weighted by Gasteiger charge is -1.98. The van der Waals surface area contributed by atoms with Crippen molar-refractivity contribution in [2.24, 2.45) is 0 Å². The molecule has 2 rings (SSSR count). The summed E-state index contributed by atoms with van der Waals surface area (Å²) >= 11 is 5.86.